The van der Waals surface area contributed by atoms with Crippen LogP contribution in [0.1, 0.15) is 30.0 Å². The molecule has 1 N–H and O–H groups in total. The predicted molar refractivity (Wildman–Crippen MR) is 78.3 cm³/mol. The lowest BCUT2D eigenvalue weighted by molar-refractivity contribution is 0.528. The van der Waals surface area contributed by atoms with E-state index in [2.05, 4.69) is 29.4 Å². The van der Waals surface area contributed by atoms with E-state index in [1.165, 1.54) is 10.6 Å². The van der Waals surface area contributed by atoms with Gasteiger partial charge in [-0.1, -0.05) is 30.7 Å². The molecule has 0 radical (unpaired) electrons. The maximum atomic E-state index is 5.93. The summed E-state index contributed by atoms with van der Waals surface area (Å²) >= 11 is 7.64. The summed E-state index contributed by atoms with van der Waals surface area (Å²) in [5.41, 5.74) is 1.27. The van der Waals surface area contributed by atoms with Gasteiger partial charge in [0.2, 0.25) is 0 Å². The highest BCUT2D eigenvalue weighted by atomic mass is 35.5. The van der Waals surface area contributed by atoms with Crippen LogP contribution in [0.15, 0.2) is 35.8 Å². The number of rotatable bonds is 6. The Kier molecular flexibility index (Phi) is 5.17. The molecule has 0 aliphatic carbocycles. The van der Waals surface area contributed by atoms with E-state index in [-0.39, 0.29) is 0 Å². The van der Waals surface area contributed by atoms with E-state index < -0.39 is 0 Å². The van der Waals surface area contributed by atoms with Gasteiger partial charge in [-0.2, -0.15) is 0 Å². The number of halogens is 1. The van der Waals surface area contributed by atoms with Gasteiger partial charge in [0.15, 0.2) is 0 Å². The van der Waals surface area contributed by atoms with Gasteiger partial charge >= 0.3 is 0 Å². The van der Waals surface area contributed by atoms with Gasteiger partial charge in [-0.25, -0.2) is 4.98 Å². The number of benzene rings is 1. The molecule has 0 amide bonds. The minimum atomic E-state index is 0.313. The molecule has 1 aromatic heterocycles. The zero-order chi connectivity index (χ0) is 12.8. The predicted octanol–water partition coefficient (Wildman–Crippen LogP) is 4.08. The highest BCUT2D eigenvalue weighted by Crippen LogP contribution is 2.21. The van der Waals surface area contributed by atoms with Gasteiger partial charge in [0, 0.05) is 29.1 Å². The molecule has 0 spiro atoms. The van der Waals surface area contributed by atoms with Crippen molar-refractivity contribution in [1.29, 1.82) is 0 Å². The average Bonchev–Trinajstić information content (AvgIpc) is 2.88. The van der Waals surface area contributed by atoms with Crippen molar-refractivity contribution in [2.24, 2.45) is 0 Å². The SMILES string of the molecule is CCCNC(Cc1nccs1)c1ccc(Cl)cc1. The Hall–Kier alpha value is -0.900. The van der Waals surface area contributed by atoms with Crippen molar-refractivity contribution in [3.8, 4) is 0 Å². The van der Waals surface area contributed by atoms with Crippen molar-refractivity contribution >= 4 is 22.9 Å². The van der Waals surface area contributed by atoms with Gasteiger partial charge in [-0.05, 0) is 30.7 Å². The maximum absolute atomic E-state index is 5.93. The molecule has 1 atom stereocenters. The lowest BCUT2D eigenvalue weighted by Crippen LogP contribution is -2.24. The van der Waals surface area contributed by atoms with Crippen LogP contribution < -0.4 is 5.32 Å². The number of nitrogens with one attached hydrogen (secondary N) is 1. The molecule has 18 heavy (non-hydrogen) atoms. The Bertz CT molecular complexity index is 453. The highest BCUT2D eigenvalue weighted by Gasteiger charge is 2.12. The van der Waals surface area contributed by atoms with Crippen LogP contribution >= 0.6 is 22.9 Å². The van der Waals surface area contributed by atoms with E-state index in [9.17, 15) is 0 Å². The molecule has 1 aromatic carbocycles. The Morgan fingerprint density at radius 2 is 2.11 bits per heavy atom. The summed E-state index contributed by atoms with van der Waals surface area (Å²) in [5.74, 6) is 0. The van der Waals surface area contributed by atoms with Gasteiger partial charge in [0.25, 0.3) is 0 Å². The van der Waals surface area contributed by atoms with Crippen molar-refractivity contribution in [3.63, 3.8) is 0 Å². The molecule has 2 rings (SSSR count). The molecule has 0 bridgehead atoms. The molecule has 4 heteroatoms. The van der Waals surface area contributed by atoms with Crippen molar-refractivity contribution in [2.75, 3.05) is 6.54 Å². The Labute approximate surface area is 117 Å². The molecule has 0 aliphatic rings. The minimum Gasteiger partial charge on any atom is -0.310 e. The van der Waals surface area contributed by atoms with Crippen LogP contribution in [0.3, 0.4) is 0 Å². The van der Waals surface area contributed by atoms with Gasteiger partial charge < -0.3 is 5.32 Å². The number of thiazole rings is 1. The Morgan fingerprint density at radius 1 is 1.33 bits per heavy atom. The second kappa shape index (κ2) is 6.88. The average molecular weight is 281 g/mol. The van der Waals surface area contributed by atoms with Crippen molar-refractivity contribution in [2.45, 2.75) is 25.8 Å². The van der Waals surface area contributed by atoms with E-state index in [1.807, 2.05) is 23.7 Å². The van der Waals surface area contributed by atoms with Gasteiger partial charge in [0.1, 0.15) is 0 Å². The largest absolute Gasteiger partial charge is 0.310 e. The third kappa shape index (κ3) is 3.80. The van der Waals surface area contributed by atoms with Crippen LogP contribution in [0.25, 0.3) is 0 Å². The number of aromatic nitrogens is 1. The number of hydrogen-bond acceptors (Lipinski definition) is 3. The molecule has 0 saturated heterocycles. The first-order valence-corrected chi connectivity index (χ1v) is 7.42. The standard InChI is InChI=1S/C14H17ClN2S/c1-2-7-16-13(10-14-17-8-9-18-14)11-3-5-12(15)6-4-11/h3-6,8-9,13,16H,2,7,10H2,1H3. The quantitative estimate of drug-likeness (QED) is 0.862. The molecule has 1 unspecified atom stereocenters. The van der Waals surface area contributed by atoms with Gasteiger partial charge in [-0.15, -0.1) is 11.3 Å². The van der Waals surface area contributed by atoms with Crippen molar-refractivity contribution < 1.29 is 0 Å². The summed E-state index contributed by atoms with van der Waals surface area (Å²) in [6, 6.07) is 8.37. The fourth-order valence-electron chi connectivity index (χ4n) is 1.85. The summed E-state index contributed by atoms with van der Waals surface area (Å²) in [6.07, 6.45) is 3.92. The molecule has 2 aromatic rings. The second-order valence-electron chi connectivity index (χ2n) is 4.19. The smallest absolute Gasteiger partial charge is 0.0943 e. The monoisotopic (exact) mass is 280 g/mol. The molecule has 0 saturated carbocycles. The third-order valence-electron chi connectivity index (χ3n) is 2.78. The van der Waals surface area contributed by atoms with Crippen molar-refractivity contribution in [1.82, 2.24) is 10.3 Å². The van der Waals surface area contributed by atoms with Gasteiger partial charge in [0.05, 0.1) is 5.01 Å². The molecule has 1 heterocycles. The normalized spacial score (nSPS) is 12.6. The van der Waals surface area contributed by atoms with Crippen LogP contribution in [-0.4, -0.2) is 11.5 Å². The van der Waals surface area contributed by atoms with Crippen LogP contribution in [0.4, 0.5) is 0 Å². The second-order valence-corrected chi connectivity index (χ2v) is 5.60. The van der Waals surface area contributed by atoms with Crippen LogP contribution in [-0.2, 0) is 6.42 Å². The summed E-state index contributed by atoms with van der Waals surface area (Å²) < 4.78 is 0. The van der Waals surface area contributed by atoms with Crippen LogP contribution in [0.5, 0.6) is 0 Å². The fourth-order valence-corrected chi connectivity index (χ4v) is 2.64. The van der Waals surface area contributed by atoms with E-state index in [0.717, 1.165) is 24.4 Å². The van der Waals surface area contributed by atoms with E-state index in [4.69, 9.17) is 11.6 Å². The fraction of sp³-hybridized carbons (Fsp3) is 0.357. The zero-order valence-corrected chi connectivity index (χ0v) is 12.0. The summed E-state index contributed by atoms with van der Waals surface area (Å²) in [6.45, 7) is 3.19. The molecule has 96 valence electrons. The number of hydrogen-bond donors (Lipinski definition) is 1. The zero-order valence-electron chi connectivity index (χ0n) is 10.4. The molecule has 0 fully saturated rings. The Morgan fingerprint density at radius 3 is 2.72 bits per heavy atom. The first kappa shape index (κ1) is 13.5. The molecule has 0 aliphatic heterocycles. The number of nitrogens with zero attached hydrogens (tertiary/aromatic N) is 1. The summed E-state index contributed by atoms with van der Waals surface area (Å²) in [4.78, 5) is 4.36. The lowest BCUT2D eigenvalue weighted by atomic mass is 10.0. The minimum absolute atomic E-state index is 0.313. The van der Waals surface area contributed by atoms with Crippen molar-refractivity contribution in [3.05, 3.63) is 51.4 Å². The summed E-state index contributed by atoms with van der Waals surface area (Å²) in [7, 11) is 0. The Balaban J connectivity index is 2.11. The first-order chi connectivity index (χ1) is 8.79. The van der Waals surface area contributed by atoms with E-state index >= 15 is 0 Å². The maximum Gasteiger partial charge on any atom is 0.0943 e. The summed E-state index contributed by atoms with van der Waals surface area (Å²) in [5, 5.41) is 7.53. The van der Waals surface area contributed by atoms with E-state index in [0.29, 0.717) is 6.04 Å². The molecular weight excluding hydrogens is 264 g/mol. The van der Waals surface area contributed by atoms with E-state index in [1.54, 1.807) is 11.3 Å². The first-order valence-electron chi connectivity index (χ1n) is 6.17. The lowest BCUT2D eigenvalue weighted by Gasteiger charge is -2.18. The third-order valence-corrected chi connectivity index (χ3v) is 3.83. The highest BCUT2D eigenvalue weighted by molar-refractivity contribution is 7.09. The van der Waals surface area contributed by atoms with Crippen LogP contribution in [0.2, 0.25) is 5.02 Å². The molecule has 2 nitrogen and oxygen atoms in total. The van der Waals surface area contributed by atoms with Crippen LogP contribution in [0, 0.1) is 0 Å². The van der Waals surface area contributed by atoms with Gasteiger partial charge in [-0.3, -0.25) is 0 Å². The molecular formula is C14H17ClN2S. The topological polar surface area (TPSA) is 24.9 Å².